The zero-order chi connectivity index (χ0) is 10.6. The summed E-state index contributed by atoms with van der Waals surface area (Å²) in [5.74, 6) is 0. The van der Waals surface area contributed by atoms with Crippen LogP contribution in [0.4, 0.5) is 0 Å². The summed E-state index contributed by atoms with van der Waals surface area (Å²) < 4.78 is 0. The Hall–Kier alpha value is -1.56. The van der Waals surface area contributed by atoms with Crippen molar-refractivity contribution in [2.75, 3.05) is 0 Å². The third-order valence-electron chi connectivity index (χ3n) is 1.97. The average molecular weight is 198 g/mol. The Bertz CT molecular complexity index is 227. The van der Waals surface area contributed by atoms with Crippen molar-refractivity contribution < 1.29 is 0 Å². The summed E-state index contributed by atoms with van der Waals surface area (Å²) in [4.78, 5) is 0. The standard InChI is InChI=1S/3C5H6/c3*1-2-4-5-3-1/h3*1-4H,5H2. The first-order valence-electron chi connectivity index (χ1n) is 5.45. The van der Waals surface area contributed by atoms with E-state index in [1.54, 1.807) is 0 Å². The van der Waals surface area contributed by atoms with E-state index in [-0.39, 0.29) is 0 Å². The zero-order valence-electron chi connectivity index (χ0n) is 9.05. The lowest BCUT2D eigenvalue weighted by Crippen LogP contribution is -1.37. The average Bonchev–Trinajstić information content (AvgIpc) is 3.09. The van der Waals surface area contributed by atoms with Crippen LogP contribution >= 0.6 is 0 Å². The predicted octanol–water partition coefficient (Wildman–Crippen LogP) is 4.51. The molecule has 0 nitrogen and oxygen atoms in total. The highest BCUT2D eigenvalue weighted by atomic mass is 13.8. The highest BCUT2D eigenvalue weighted by Crippen LogP contribution is 1.94. The molecule has 0 bridgehead atoms. The Morgan fingerprint density at radius 1 is 0.333 bits per heavy atom. The fourth-order valence-electron chi connectivity index (χ4n) is 1.18. The van der Waals surface area contributed by atoms with Crippen molar-refractivity contribution in [2.24, 2.45) is 0 Å². The van der Waals surface area contributed by atoms with Crippen molar-refractivity contribution in [1.82, 2.24) is 0 Å². The van der Waals surface area contributed by atoms with Gasteiger partial charge in [-0.1, -0.05) is 72.9 Å². The highest BCUT2D eigenvalue weighted by molar-refractivity contribution is 5.12. The molecule has 0 aromatic rings. The van der Waals surface area contributed by atoms with E-state index >= 15 is 0 Å². The first-order valence-corrected chi connectivity index (χ1v) is 5.45. The van der Waals surface area contributed by atoms with Crippen molar-refractivity contribution >= 4 is 0 Å². The summed E-state index contributed by atoms with van der Waals surface area (Å²) >= 11 is 0. The van der Waals surface area contributed by atoms with Gasteiger partial charge in [0.05, 0.1) is 0 Å². The topological polar surface area (TPSA) is 0 Å². The minimum atomic E-state index is 1.14. The van der Waals surface area contributed by atoms with Crippen molar-refractivity contribution in [1.29, 1.82) is 0 Å². The van der Waals surface area contributed by atoms with Gasteiger partial charge in [0.1, 0.15) is 0 Å². The molecular formula is C15H18. The maximum Gasteiger partial charge on any atom is -0.0163 e. The monoisotopic (exact) mass is 198 g/mol. The summed E-state index contributed by atoms with van der Waals surface area (Å²) in [7, 11) is 0. The molecule has 0 amide bonds. The van der Waals surface area contributed by atoms with E-state index in [0.29, 0.717) is 0 Å². The maximum absolute atomic E-state index is 2.12. The van der Waals surface area contributed by atoms with Crippen molar-refractivity contribution in [3.05, 3.63) is 72.9 Å². The first-order chi connectivity index (χ1) is 7.50. The van der Waals surface area contributed by atoms with Gasteiger partial charge in [0.25, 0.3) is 0 Å². The van der Waals surface area contributed by atoms with Crippen molar-refractivity contribution in [3.8, 4) is 0 Å². The van der Waals surface area contributed by atoms with Gasteiger partial charge in [-0.15, -0.1) is 0 Å². The molecule has 0 aliphatic heterocycles. The van der Waals surface area contributed by atoms with Crippen LogP contribution in [0.2, 0.25) is 0 Å². The first kappa shape index (κ1) is 11.5. The molecule has 0 aromatic heterocycles. The molecular weight excluding hydrogens is 180 g/mol. The van der Waals surface area contributed by atoms with Crippen LogP contribution in [0.15, 0.2) is 72.9 Å². The molecule has 0 saturated heterocycles. The third kappa shape index (κ3) is 7.51. The lowest BCUT2D eigenvalue weighted by atomic mass is 10.5. The van der Waals surface area contributed by atoms with Gasteiger partial charge in [-0.3, -0.25) is 0 Å². The number of hydrogen-bond donors (Lipinski definition) is 0. The van der Waals surface area contributed by atoms with Gasteiger partial charge in [-0.2, -0.15) is 0 Å². The van der Waals surface area contributed by atoms with Crippen LogP contribution in [-0.2, 0) is 0 Å². The Morgan fingerprint density at radius 3 is 0.600 bits per heavy atom. The van der Waals surface area contributed by atoms with E-state index in [1.165, 1.54) is 0 Å². The quantitative estimate of drug-likeness (QED) is 0.537. The van der Waals surface area contributed by atoms with E-state index in [2.05, 4.69) is 72.9 Å². The summed E-state index contributed by atoms with van der Waals surface area (Å²) in [5, 5.41) is 0. The Kier molecular flexibility index (Phi) is 6.92. The molecule has 0 heterocycles. The van der Waals surface area contributed by atoms with Gasteiger partial charge >= 0.3 is 0 Å². The molecule has 0 N–H and O–H groups in total. The molecule has 0 unspecified atom stereocenters. The van der Waals surface area contributed by atoms with Crippen LogP contribution in [-0.4, -0.2) is 0 Å². The van der Waals surface area contributed by atoms with E-state index in [0.717, 1.165) is 19.3 Å². The highest BCUT2D eigenvalue weighted by Gasteiger charge is 1.73. The normalized spacial score (nSPS) is 17.6. The largest absolute Gasteiger partial charge is 0.0808 e. The smallest absolute Gasteiger partial charge is 0.0163 e. The Balaban J connectivity index is 0.000000112. The third-order valence-corrected chi connectivity index (χ3v) is 1.97. The lowest BCUT2D eigenvalue weighted by molar-refractivity contribution is 1.45. The number of rotatable bonds is 0. The molecule has 0 radical (unpaired) electrons. The van der Waals surface area contributed by atoms with Crippen LogP contribution in [0.5, 0.6) is 0 Å². The molecule has 78 valence electrons. The SMILES string of the molecule is C1=CCC=C1.C1=CCC=C1.C1=CCC=C1. The summed E-state index contributed by atoms with van der Waals surface area (Å²) in [6, 6.07) is 0. The molecule has 0 saturated carbocycles. The van der Waals surface area contributed by atoms with E-state index in [9.17, 15) is 0 Å². The van der Waals surface area contributed by atoms with Crippen LogP contribution in [0.1, 0.15) is 19.3 Å². The second kappa shape index (κ2) is 9.01. The van der Waals surface area contributed by atoms with Crippen molar-refractivity contribution in [3.63, 3.8) is 0 Å². The minimum Gasteiger partial charge on any atom is -0.0808 e. The molecule has 0 heteroatoms. The van der Waals surface area contributed by atoms with E-state index < -0.39 is 0 Å². The fraction of sp³-hybridized carbons (Fsp3) is 0.200. The van der Waals surface area contributed by atoms with Crippen molar-refractivity contribution in [2.45, 2.75) is 19.3 Å². The van der Waals surface area contributed by atoms with Gasteiger partial charge in [-0.25, -0.2) is 0 Å². The summed E-state index contributed by atoms with van der Waals surface area (Å²) in [6.45, 7) is 0. The van der Waals surface area contributed by atoms with Crippen LogP contribution in [0.25, 0.3) is 0 Å². The van der Waals surface area contributed by atoms with Crippen LogP contribution in [0.3, 0.4) is 0 Å². The molecule has 0 atom stereocenters. The van der Waals surface area contributed by atoms with Gasteiger partial charge in [-0.05, 0) is 19.3 Å². The Labute approximate surface area is 92.7 Å². The van der Waals surface area contributed by atoms with E-state index in [4.69, 9.17) is 0 Å². The number of allylic oxidation sites excluding steroid dienone is 12. The number of hydrogen-bond acceptors (Lipinski definition) is 0. The molecule has 3 aliphatic rings. The summed E-state index contributed by atoms with van der Waals surface area (Å²) in [6.07, 6.45) is 28.5. The second-order valence-corrected chi connectivity index (χ2v) is 3.28. The van der Waals surface area contributed by atoms with Gasteiger partial charge in [0.15, 0.2) is 0 Å². The van der Waals surface area contributed by atoms with Gasteiger partial charge < -0.3 is 0 Å². The molecule has 15 heavy (non-hydrogen) atoms. The van der Waals surface area contributed by atoms with Gasteiger partial charge in [0, 0.05) is 0 Å². The molecule has 0 aromatic carbocycles. The lowest BCUT2D eigenvalue weighted by Gasteiger charge is -1.57. The molecule has 3 aliphatic carbocycles. The maximum atomic E-state index is 2.12. The second-order valence-electron chi connectivity index (χ2n) is 3.28. The van der Waals surface area contributed by atoms with E-state index in [1.807, 2.05) is 0 Å². The Morgan fingerprint density at radius 2 is 0.533 bits per heavy atom. The molecule has 3 rings (SSSR count). The van der Waals surface area contributed by atoms with Crippen LogP contribution < -0.4 is 0 Å². The molecule has 0 spiro atoms. The van der Waals surface area contributed by atoms with Crippen LogP contribution in [0, 0.1) is 0 Å². The predicted molar refractivity (Wildman–Crippen MR) is 68.7 cm³/mol. The summed E-state index contributed by atoms with van der Waals surface area (Å²) in [5.41, 5.74) is 0. The minimum absolute atomic E-state index is 1.14. The molecule has 0 fully saturated rings. The fourth-order valence-corrected chi connectivity index (χ4v) is 1.18. The zero-order valence-corrected chi connectivity index (χ0v) is 9.05. The van der Waals surface area contributed by atoms with Gasteiger partial charge in [0.2, 0.25) is 0 Å².